The van der Waals surface area contributed by atoms with Gasteiger partial charge in [0.1, 0.15) is 29.0 Å². The Morgan fingerprint density at radius 3 is 2.37 bits per heavy atom. The van der Waals surface area contributed by atoms with Gasteiger partial charge < -0.3 is 25.2 Å². The lowest BCUT2D eigenvalue weighted by atomic mass is 9.99. The average molecular weight is 577 g/mol. The Bertz CT molecular complexity index is 1390. The number of hydrogen-bond acceptors (Lipinski definition) is 6. The first-order valence-electron chi connectivity index (χ1n) is 12.7. The van der Waals surface area contributed by atoms with E-state index in [1.807, 2.05) is 0 Å². The van der Waals surface area contributed by atoms with Crippen LogP contribution in [-0.2, 0) is 22.6 Å². The number of carbonyl (C=O) groups excluding carboxylic acids is 3. The van der Waals surface area contributed by atoms with Crippen molar-refractivity contribution in [3.05, 3.63) is 88.3 Å². The number of nitrogens with one attached hydrogen (secondary N) is 2. The summed E-state index contributed by atoms with van der Waals surface area (Å²) in [7, 11) is 0. The normalized spacial score (nSPS) is 17.6. The molecule has 13 heteroatoms. The Balaban J connectivity index is 1.55. The maximum atomic E-state index is 14.5. The van der Waals surface area contributed by atoms with Gasteiger partial charge in [-0.05, 0) is 38.0 Å². The third kappa shape index (κ3) is 6.73. The molecule has 3 amide bonds. The minimum Gasteiger partial charge on any atom is -0.381 e. The van der Waals surface area contributed by atoms with E-state index in [0.29, 0.717) is 10.5 Å². The van der Waals surface area contributed by atoms with E-state index in [1.54, 1.807) is 30.3 Å². The molecular weight excluding hydrogens is 548 g/mol. The molecule has 1 saturated heterocycles. The molecule has 1 aliphatic heterocycles. The van der Waals surface area contributed by atoms with Crippen molar-refractivity contribution in [1.82, 2.24) is 20.7 Å². The van der Waals surface area contributed by atoms with E-state index >= 15 is 0 Å². The van der Waals surface area contributed by atoms with Gasteiger partial charge in [0.25, 0.3) is 17.7 Å². The molecule has 1 fully saturated rings. The molecule has 2 heterocycles. The van der Waals surface area contributed by atoms with E-state index in [0.717, 1.165) is 18.2 Å². The van der Waals surface area contributed by atoms with Crippen LogP contribution in [0.15, 0.2) is 53.1 Å². The van der Waals surface area contributed by atoms with E-state index in [9.17, 15) is 37.1 Å². The number of benzene rings is 2. The minimum atomic E-state index is -3.48. The molecule has 2 aromatic carbocycles. The molecule has 0 aliphatic carbocycles. The molecule has 3 aromatic rings. The molecule has 3 unspecified atom stereocenters. The van der Waals surface area contributed by atoms with Crippen molar-refractivity contribution in [1.29, 1.82) is 0 Å². The summed E-state index contributed by atoms with van der Waals surface area (Å²) >= 11 is 0. The number of halogens is 4. The molecule has 1 aliphatic rings. The number of likely N-dealkylation sites (tertiary alicyclic amines) is 1. The summed E-state index contributed by atoms with van der Waals surface area (Å²) in [5.41, 5.74) is 0.499. The summed E-state index contributed by atoms with van der Waals surface area (Å²) in [4.78, 5) is 39.9. The maximum absolute atomic E-state index is 14.5. The molecule has 0 saturated carbocycles. The number of nitrogens with zero attached hydrogens (tertiary/aromatic N) is 2. The molecule has 3 N–H and O–H groups in total. The van der Waals surface area contributed by atoms with Crippen LogP contribution in [0.25, 0.3) is 0 Å². The number of aryl methyl sites for hydroxylation is 2. The smallest absolute Gasteiger partial charge is 0.267 e. The lowest BCUT2D eigenvalue weighted by Gasteiger charge is -2.30. The fourth-order valence-corrected chi connectivity index (χ4v) is 4.78. The Labute approximate surface area is 232 Å². The summed E-state index contributed by atoms with van der Waals surface area (Å²) in [6.45, 7) is 1.21. The first-order valence-corrected chi connectivity index (χ1v) is 12.7. The van der Waals surface area contributed by atoms with Gasteiger partial charge in [0, 0.05) is 18.5 Å². The zero-order chi connectivity index (χ0) is 29.9. The van der Waals surface area contributed by atoms with Crippen molar-refractivity contribution < 1.29 is 41.6 Å². The summed E-state index contributed by atoms with van der Waals surface area (Å²) in [5, 5.41) is 19.6. The lowest BCUT2D eigenvalue weighted by molar-refractivity contribution is -0.147. The first-order chi connectivity index (χ1) is 19.4. The SMILES string of the molecule is Cc1noc(C)c1C(=O)NC(Cc1ccccc1)C(O)C(=O)N1CC(F)(F)CC1C(=O)NCc1c(F)cccc1F. The van der Waals surface area contributed by atoms with Gasteiger partial charge >= 0.3 is 0 Å². The summed E-state index contributed by atoms with van der Waals surface area (Å²) in [5.74, 6) is -8.17. The van der Waals surface area contributed by atoms with Crippen LogP contribution in [0.3, 0.4) is 0 Å². The fourth-order valence-electron chi connectivity index (χ4n) is 4.78. The van der Waals surface area contributed by atoms with Gasteiger partial charge in [-0.1, -0.05) is 41.6 Å². The minimum absolute atomic E-state index is 0.0590. The highest BCUT2D eigenvalue weighted by Gasteiger charge is 2.51. The van der Waals surface area contributed by atoms with E-state index in [-0.39, 0.29) is 23.4 Å². The van der Waals surface area contributed by atoms with Gasteiger partial charge in [-0.15, -0.1) is 0 Å². The molecule has 0 spiro atoms. The third-order valence-corrected chi connectivity index (χ3v) is 6.87. The number of rotatable bonds is 9. The van der Waals surface area contributed by atoms with Crippen molar-refractivity contribution in [2.75, 3.05) is 6.54 Å². The van der Waals surface area contributed by atoms with Gasteiger partial charge in [-0.3, -0.25) is 14.4 Å². The molecular formula is C28H28F4N4O5. The highest BCUT2D eigenvalue weighted by Crippen LogP contribution is 2.33. The Morgan fingerprint density at radius 1 is 1.10 bits per heavy atom. The second-order valence-corrected chi connectivity index (χ2v) is 9.87. The second kappa shape index (κ2) is 12.1. The van der Waals surface area contributed by atoms with Crippen molar-refractivity contribution in [2.45, 2.75) is 57.3 Å². The van der Waals surface area contributed by atoms with Gasteiger partial charge in [0.15, 0.2) is 6.10 Å². The predicted octanol–water partition coefficient (Wildman–Crippen LogP) is 2.82. The van der Waals surface area contributed by atoms with E-state index < -0.39 is 78.5 Å². The zero-order valence-electron chi connectivity index (χ0n) is 22.2. The van der Waals surface area contributed by atoms with E-state index in [1.165, 1.54) is 13.8 Å². The Hall–Kier alpha value is -4.26. The molecule has 41 heavy (non-hydrogen) atoms. The average Bonchev–Trinajstić information content (AvgIpc) is 3.44. The van der Waals surface area contributed by atoms with Crippen molar-refractivity contribution in [3.63, 3.8) is 0 Å². The van der Waals surface area contributed by atoms with E-state index in [4.69, 9.17) is 4.52 Å². The van der Waals surface area contributed by atoms with Crippen LogP contribution in [0, 0.1) is 25.5 Å². The van der Waals surface area contributed by atoms with Gasteiger partial charge in [0.05, 0.1) is 18.3 Å². The summed E-state index contributed by atoms with van der Waals surface area (Å²) in [6, 6.07) is 8.58. The largest absolute Gasteiger partial charge is 0.381 e. The maximum Gasteiger partial charge on any atom is 0.267 e. The number of aliphatic hydroxyl groups is 1. The monoisotopic (exact) mass is 576 g/mol. The van der Waals surface area contributed by atoms with Crippen LogP contribution in [0.2, 0.25) is 0 Å². The Kier molecular flexibility index (Phi) is 8.76. The van der Waals surface area contributed by atoms with Crippen LogP contribution < -0.4 is 10.6 Å². The second-order valence-electron chi connectivity index (χ2n) is 9.87. The van der Waals surface area contributed by atoms with Crippen molar-refractivity contribution in [3.8, 4) is 0 Å². The van der Waals surface area contributed by atoms with Crippen LogP contribution in [0.5, 0.6) is 0 Å². The molecule has 4 rings (SSSR count). The molecule has 0 bridgehead atoms. The molecule has 3 atom stereocenters. The van der Waals surface area contributed by atoms with Gasteiger partial charge in [-0.2, -0.15) is 0 Å². The number of aliphatic hydroxyl groups excluding tert-OH is 1. The molecule has 9 nitrogen and oxygen atoms in total. The van der Waals surface area contributed by atoms with Crippen LogP contribution in [0.1, 0.15) is 39.4 Å². The van der Waals surface area contributed by atoms with Crippen molar-refractivity contribution >= 4 is 17.7 Å². The molecule has 0 radical (unpaired) electrons. The molecule has 218 valence electrons. The third-order valence-electron chi connectivity index (χ3n) is 6.87. The van der Waals surface area contributed by atoms with Crippen LogP contribution in [0.4, 0.5) is 17.6 Å². The van der Waals surface area contributed by atoms with Crippen LogP contribution in [-0.4, -0.2) is 63.5 Å². The van der Waals surface area contributed by atoms with Crippen molar-refractivity contribution in [2.24, 2.45) is 0 Å². The number of carbonyl (C=O) groups is 3. The Morgan fingerprint density at radius 2 is 1.76 bits per heavy atom. The molecule has 1 aromatic heterocycles. The standard InChI is InChI=1S/C28H28F4N4O5/c1-15-23(16(2)41-35-15)26(39)34-21(11-17-7-4-3-5-8-17)24(37)27(40)36-14-28(31,32)12-22(36)25(38)33-13-18-19(29)9-6-10-20(18)30/h3-10,21-22,24,37H,11-14H2,1-2H3,(H,33,38)(H,34,39). The summed E-state index contributed by atoms with van der Waals surface area (Å²) in [6.07, 6.45) is -3.16. The number of hydrogen-bond donors (Lipinski definition) is 3. The number of aromatic nitrogens is 1. The topological polar surface area (TPSA) is 125 Å². The summed E-state index contributed by atoms with van der Waals surface area (Å²) < 4.78 is 62.0. The van der Waals surface area contributed by atoms with Crippen LogP contribution >= 0.6 is 0 Å². The zero-order valence-corrected chi connectivity index (χ0v) is 22.2. The lowest BCUT2D eigenvalue weighted by Crippen LogP contribution is -2.56. The number of amides is 3. The fraction of sp³-hybridized carbons (Fsp3) is 0.357. The van der Waals surface area contributed by atoms with Gasteiger partial charge in [0.2, 0.25) is 5.91 Å². The number of alkyl halides is 2. The predicted molar refractivity (Wildman–Crippen MR) is 137 cm³/mol. The highest BCUT2D eigenvalue weighted by molar-refractivity contribution is 5.97. The first kappa shape index (κ1) is 29.7. The van der Waals surface area contributed by atoms with E-state index in [2.05, 4.69) is 15.8 Å². The van der Waals surface area contributed by atoms with Gasteiger partial charge in [-0.25, -0.2) is 17.6 Å². The highest BCUT2D eigenvalue weighted by atomic mass is 19.3. The quantitative estimate of drug-likeness (QED) is 0.337.